The maximum Gasteiger partial charge on any atom is 0.408 e. The van der Waals surface area contributed by atoms with E-state index >= 15 is 0 Å². The number of aromatic nitrogens is 4. The zero-order chi connectivity index (χ0) is 35.4. The lowest BCUT2D eigenvalue weighted by Gasteiger charge is -2.43. The molecule has 260 valence electrons. The van der Waals surface area contributed by atoms with Crippen LogP contribution in [0.1, 0.15) is 98.5 Å². The number of rotatable bonds is 9. The number of allylic oxidation sites excluding steroid dienone is 2. The van der Waals surface area contributed by atoms with Gasteiger partial charge in [0.15, 0.2) is 0 Å². The molecule has 2 aliphatic rings. The van der Waals surface area contributed by atoms with E-state index in [1.165, 1.54) is 12.0 Å². The first-order valence-electron chi connectivity index (χ1n) is 17.9. The number of pyridine rings is 4. The molecule has 2 amide bonds. The predicted molar refractivity (Wildman–Crippen MR) is 198 cm³/mol. The lowest BCUT2D eigenvalue weighted by molar-refractivity contribution is 0.0377. The Morgan fingerprint density at radius 1 is 0.863 bits per heavy atom. The van der Waals surface area contributed by atoms with E-state index in [0.717, 1.165) is 83.1 Å². The van der Waals surface area contributed by atoms with Gasteiger partial charge in [-0.2, -0.15) is 0 Å². The van der Waals surface area contributed by atoms with Crippen LogP contribution in [0.4, 0.5) is 4.79 Å². The molecule has 4 heterocycles. The van der Waals surface area contributed by atoms with Crippen molar-refractivity contribution in [2.24, 2.45) is 0 Å². The summed E-state index contributed by atoms with van der Waals surface area (Å²) in [6, 6.07) is 20.0. The summed E-state index contributed by atoms with van der Waals surface area (Å²) in [6.45, 7) is 6.35. The Morgan fingerprint density at radius 2 is 1.59 bits per heavy atom. The normalized spacial score (nSPS) is 15.4. The average Bonchev–Trinajstić information content (AvgIpc) is 3.13. The van der Waals surface area contributed by atoms with Crippen molar-refractivity contribution in [3.05, 3.63) is 126 Å². The van der Waals surface area contributed by atoms with E-state index < -0.39 is 11.1 Å². The van der Waals surface area contributed by atoms with Crippen LogP contribution in [0.5, 0.6) is 0 Å². The van der Waals surface area contributed by atoms with Crippen molar-refractivity contribution < 1.29 is 14.3 Å². The van der Waals surface area contributed by atoms with Gasteiger partial charge in [0, 0.05) is 59.6 Å². The average molecular weight is 681 g/mol. The first-order valence-corrected chi connectivity index (χ1v) is 17.9. The van der Waals surface area contributed by atoms with Gasteiger partial charge in [-0.1, -0.05) is 30.3 Å². The van der Waals surface area contributed by atoms with Gasteiger partial charge < -0.3 is 15.0 Å². The third-order valence-electron chi connectivity index (χ3n) is 9.80. The van der Waals surface area contributed by atoms with E-state index in [0.29, 0.717) is 18.7 Å². The van der Waals surface area contributed by atoms with Crippen molar-refractivity contribution in [3.8, 4) is 11.3 Å². The fourth-order valence-corrected chi connectivity index (χ4v) is 7.05. The van der Waals surface area contributed by atoms with Crippen molar-refractivity contribution in [2.45, 2.75) is 89.9 Å². The first kappa shape index (κ1) is 34.0. The third-order valence-corrected chi connectivity index (χ3v) is 9.80. The number of carbonyl (C=O) groups excluding carboxylic acids is 2. The molecule has 0 aliphatic heterocycles. The molecular formula is C42H44N6O3. The molecule has 7 rings (SSSR count). The number of carbonyl (C=O) groups is 2. The molecule has 1 aromatic carbocycles. The van der Waals surface area contributed by atoms with Gasteiger partial charge in [-0.25, -0.2) is 9.78 Å². The monoisotopic (exact) mass is 680 g/mol. The highest BCUT2D eigenvalue weighted by atomic mass is 16.6. The van der Waals surface area contributed by atoms with E-state index in [4.69, 9.17) is 14.7 Å². The third kappa shape index (κ3) is 7.67. The molecule has 5 aromatic rings. The fraction of sp³-hybridized carbons (Fsp3) is 0.333. The Hall–Kier alpha value is -5.44. The number of nitrogens with zero attached hydrogens (tertiary/aromatic N) is 5. The number of nitrogens with one attached hydrogen (secondary N) is 1. The highest BCUT2D eigenvalue weighted by Crippen LogP contribution is 2.43. The molecule has 0 spiro atoms. The van der Waals surface area contributed by atoms with Gasteiger partial charge in [0.25, 0.3) is 5.91 Å². The van der Waals surface area contributed by atoms with Crippen molar-refractivity contribution >= 4 is 28.5 Å². The Labute approximate surface area is 299 Å². The molecule has 0 atom stereocenters. The molecule has 1 fully saturated rings. The number of amides is 2. The number of hydrogen-bond donors (Lipinski definition) is 1. The summed E-state index contributed by atoms with van der Waals surface area (Å²) in [5.74, 6) is -0.0988. The Kier molecular flexibility index (Phi) is 9.62. The van der Waals surface area contributed by atoms with E-state index in [9.17, 15) is 9.59 Å². The standard InChI is InChI=1S/C42H44N6O3/c1-41(2,3)51-40(50)47-42(19-7-20-42)33-12-10-31(11-13-33)38-34(30-8-5-4-6-9-30)26-35-36(46-38)18-25-45-37(35)28-48(27-29-14-21-43-22-15-29)39(49)32-16-23-44-24-17-32/h8,10-18,21-26H,4-7,9,19-20,27-28H2,1-3H3,(H,47,50). The number of hydrogen-bond acceptors (Lipinski definition) is 7. The topological polar surface area (TPSA) is 110 Å². The van der Waals surface area contributed by atoms with E-state index in [1.54, 1.807) is 43.1 Å². The second kappa shape index (κ2) is 14.4. The molecular weight excluding hydrogens is 637 g/mol. The zero-order valence-electron chi connectivity index (χ0n) is 29.6. The van der Waals surface area contributed by atoms with Crippen LogP contribution < -0.4 is 5.32 Å². The molecule has 0 unspecified atom stereocenters. The number of fused-ring (bicyclic) bond motifs is 1. The van der Waals surface area contributed by atoms with Gasteiger partial charge in [-0.3, -0.25) is 19.7 Å². The van der Waals surface area contributed by atoms with Gasteiger partial charge in [0.1, 0.15) is 5.60 Å². The Morgan fingerprint density at radius 3 is 2.24 bits per heavy atom. The van der Waals surface area contributed by atoms with E-state index in [-0.39, 0.29) is 12.0 Å². The van der Waals surface area contributed by atoms with Crippen molar-refractivity contribution in [2.75, 3.05) is 0 Å². The molecule has 0 saturated heterocycles. The smallest absolute Gasteiger partial charge is 0.408 e. The first-order chi connectivity index (χ1) is 24.7. The molecule has 9 nitrogen and oxygen atoms in total. The fourth-order valence-electron chi connectivity index (χ4n) is 7.05. The summed E-state index contributed by atoms with van der Waals surface area (Å²) in [7, 11) is 0. The number of alkyl carbamates (subject to hydrolysis) is 1. The molecule has 0 radical (unpaired) electrons. The summed E-state index contributed by atoms with van der Waals surface area (Å²) < 4.78 is 5.61. The molecule has 4 aromatic heterocycles. The maximum absolute atomic E-state index is 13.9. The summed E-state index contributed by atoms with van der Waals surface area (Å²) in [5.41, 5.74) is 7.55. The van der Waals surface area contributed by atoms with Crippen LogP contribution in [0, 0.1) is 0 Å². The molecule has 1 N–H and O–H groups in total. The maximum atomic E-state index is 13.9. The quantitative estimate of drug-likeness (QED) is 0.166. The second-order valence-corrected chi connectivity index (χ2v) is 14.6. The highest BCUT2D eigenvalue weighted by molar-refractivity contribution is 5.95. The van der Waals surface area contributed by atoms with Crippen LogP contribution in [-0.4, -0.2) is 42.4 Å². The molecule has 2 aliphatic carbocycles. The summed E-state index contributed by atoms with van der Waals surface area (Å²) in [6.07, 6.45) is 17.6. The van der Waals surface area contributed by atoms with Crippen molar-refractivity contribution in [3.63, 3.8) is 0 Å². The van der Waals surface area contributed by atoms with Gasteiger partial charge in [-0.15, -0.1) is 0 Å². The van der Waals surface area contributed by atoms with Gasteiger partial charge in [-0.05, 0) is 119 Å². The van der Waals surface area contributed by atoms with E-state index in [1.807, 2.05) is 43.9 Å². The highest BCUT2D eigenvalue weighted by Gasteiger charge is 2.41. The molecule has 1 saturated carbocycles. The molecule has 9 heteroatoms. The molecule has 51 heavy (non-hydrogen) atoms. The lowest BCUT2D eigenvalue weighted by atomic mass is 9.71. The minimum absolute atomic E-state index is 0.0988. The number of benzene rings is 1. The summed E-state index contributed by atoms with van der Waals surface area (Å²) in [5, 5.41) is 4.10. The largest absolute Gasteiger partial charge is 0.444 e. The van der Waals surface area contributed by atoms with Crippen LogP contribution in [0.3, 0.4) is 0 Å². The zero-order valence-corrected chi connectivity index (χ0v) is 29.6. The molecule has 0 bridgehead atoms. The van der Waals surface area contributed by atoms with Crippen LogP contribution in [-0.2, 0) is 23.4 Å². The van der Waals surface area contributed by atoms with Crippen LogP contribution in [0.2, 0.25) is 0 Å². The number of ether oxygens (including phenoxy) is 1. The predicted octanol–water partition coefficient (Wildman–Crippen LogP) is 8.79. The van der Waals surface area contributed by atoms with Crippen LogP contribution in [0.15, 0.2) is 97.7 Å². The van der Waals surface area contributed by atoms with Crippen LogP contribution >= 0.6 is 0 Å². The van der Waals surface area contributed by atoms with Crippen LogP contribution in [0.25, 0.3) is 27.7 Å². The van der Waals surface area contributed by atoms with Gasteiger partial charge in [0.2, 0.25) is 0 Å². The van der Waals surface area contributed by atoms with E-state index in [2.05, 4.69) is 51.7 Å². The SMILES string of the molecule is CC(C)(C)OC(=O)NC1(c2ccc(-c3nc4ccnc(CN(Cc5ccncc5)C(=O)c5ccncc5)c4cc3C3=CCCCC3)cc2)CCC1. The van der Waals surface area contributed by atoms with Crippen molar-refractivity contribution in [1.29, 1.82) is 0 Å². The Bertz CT molecular complexity index is 2050. The van der Waals surface area contributed by atoms with Gasteiger partial charge >= 0.3 is 6.09 Å². The second-order valence-electron chi connectivity index (χ2n) is 14.6. The summed E-state index contributed by atoms with van der Waals surface area (Å²) >= 11 is 0. The van der Waals surface area contributed by atoms with Gasteiger partial charge in [0.05, 0.1) is 29.0 Å². The summed E-state index contributed by atoms with van der Waals surface area (Å²) in [4.78, 5) is 46.9. The van der Waals surface area contributed by atoms with Crippen molar-refractivity contribution in [1.82, 2.24) is 30.2 Å². The Balaban J connectivity index is 1.25. The lowest BCUT2D eigenvalue weighted by Crippen LogP contribution is -2.52. The minimum Gasteiger partial charge on any atom is -0.444 e. The minimum atomic E-state index is -0.562.